The van der Waals surface area contributed by atoms with Crippen LogP contribution in [0.4, 0.5) is 0 Å². The predicted molar refractivity (Wildman–Crippen MR) is 114 cm³/mol. The third-order valence-electron chi connectivity index (χ3n) is 5.05. The summed E-state index contributed by atoms with van der Waals surface area (Å²) in [6.07, 6.45) is 6.39. The van der Waals surface area contributed by atoms with E-state index in [0.29, 0.717) is 16.3 Å². The number of carbonyl (C=O) groups excluding carboxylic acids is 2. The summed E-state index contributed by atoms with van der Waals surface area (Å²) in [5.41, 5.74) is 1.58. The zero-order valence-electron chi connectivity index (χ0n) is 16.5. The van der Waals surface area contributed by atoms with Crippen LogP contribution in [0.1, 0.15) is 22.7 Å². The van der Waals surface area contributed by atoms with Crippen molar-refractivity contribution in [3.05, 3.63) is 94.5 Å². The van der Waals surface area contributed by atoms with Crippen molar-refractivity contribution in [2.75, 3.05) is 7.11 Å². The number of halogens is 1. The lowest BCUT2D eigenvalue weighted by molar-refractivity contribution is -0.140. The van der Waals surface area contributed by atoms with Crippen molar-refractivity contribution in [1.29, 1.82) is 0 Å². The van der Waals surface area contributed by atoms with Gasteiger partial charge in [0.05, 0.1) is 24.3 Å². The molecular weight excluding hydrogens is 418 g/mol. The van der Waals surface area contributed by atoms with Gasteiger partial charge in [0.1, 0.15) is 11.5 Å². The summed E-state index contributed by atoms with van der Waals surface area (Å²) in [6, 6.07) is 10.9. The summed E-state index contributed by atoms with van der Waals surface area (Å²) >= 11 is 6.11. The first-order chi connectivity index (χ1) is 15.0. The molecule has 1 aliphatic rings. The fourth-order valence-corrected chi connectivity index (χ4v) is 3.81. The van der Waals surface area contributed by atoms with Crippen LogP contribution in [0, 0.1) is 0 Å². The lowest BCUT2D eigenvalue weighted by atomic mass is 9.95. The maximum Gasteiger partial charge on any atom is 0.295 e. The Hall–Kier alpha value is -3.71. The van der Waals surface area contributed by atoms with Gasteiger partial charge in [0.2, 0.25) is 0 Å². The monoisotopic (exact) mass is 435 g/mol. The predicted octanol–water partition coefficient (Wildman–Crippen LogP) is 3.76. The van der Waals surface area contributed by atoms with Crippen LogP contribution in [-0.4, -0.2) is 38.8 Å². The number of Topliss-reactive ketones (excluding diaryl/α,β-unsaturated/α-hetero) is 1. The third kappa shape index (κ3) is 3.87. The average molecular weight is 436 g/mol. The molecule has 2 aromatic heterocycles. The van der Waals surface area contributed by atoms with E-state index < -0.39 is 17.7 Å². The number of rotatable bonds is 5. The molecule has 0 saturated carbocycles. The second kappa shape index (κ2) is 8.57. The smallest absolute Gasteiger partial charge is 0.295 e. The number of aliphatic hydroxyl groups excluding tert-OH is 1. The van der Waals surface area contributed by atoms with Crippen LogP contribution in [0.2, 0.25) is 5.02 Å². The summed E-state index contributed by atoms with van der Waals surface area (Å²) in [5, 5.41) is 11.5. The van der Waals surface area contributed by atoms with E-state index in [1.807, 2.05) is 6.07 Å². The van der Waals surface area contributed by atoms with Gasteiger partial charge in [-0.05, 0) is 47.5 Å². The van der Waals surface area contributed by atoms with Gasteiger partial charge in [0.15, 0.2) is 0 Å². The van der Waals surface area contributed by atoms with Crippen LogP contribution in [0.25, 0.3) is 5.76 Å². The Balaban J connectivity index is 1.90. The van der Waals surface area contributed by atoms with Crippen LogP contribution in [0.3, 0.4) is 0 Å². The summed E-state index contributed by atoms with van der Waals surface area (Å²) in [5.74, 6) is -1.53. The second-order valence-corrected chi connectivity index (χ2v) is 7.35. The number of benzene rings is 1. The van der Waals surface area contributed by atoms with E-state index in [0.717, 1.165) is 5.56 Å². The number of amides is 1. The third-order valence-corrected chi connectivity index (χ3v) is 5.29. The average Bonchev–Trinajstić information content (AvgIpc) is 3.04. The zero-order valence-corrected chi connectivity index (χ0v) is 17.3. The van der Waals surface area contributed by atoms with E-state index in [2.05, 4.69) is 9.97 Å². The van der Waals surface area contributed by atoms with Gasteiger partial charge in [-0.2, -0.15) is 0 Å². The fourth-order valence-electron chi connectivity index (χ4n) is 3.63. The molecule has 1 fully saturated rings. The number of likely N-dealkylation sites (tertiary alicyclic amines) is 1. The standard InChI is InChI=1S/C23H18ClN3O4/c1-31-18-5-4-16(24)11-17(18)21(28)19-20(15-6-9-25-10-7-15)27(23(30)22(19)29)13-14-3-2-8-26-12-14/h2-12,20,28H,13H2,1H3/t20-/m1/s1. The van der Waals surface area contributed by atoms with Gasteiger partial charge in [-0.25, -0.2) is 0 Å². The Kier molecular flexibility index (Phi) is 5.68. The topological polar surface area (TPSA) is 92.6 Å². The first-order valence-corrected chi connectivity index (χ1v) is 9.80. The zero-order chi connectivity index (χ0) is 22.0. The largest absolute Gasteiger partial charge is 0.507 e. The van der Waals surface area contributed by atoms with Gasteiger partial charge < -0.3 is 14.7 Å². The Morgan fingerprint density at radius 3 is 2.58 bits per heavy atom. The number of ketones is 1. The molecule has 1 aromatic carbocycles. The number of hydrogen-bond acceptors (Lipinski definition) is 6. The molecule has 1 aliphatic heterocycles. The van der Waals surface area contributed by atoms with E-state index in [1.54, 1.807) is 55.1 Å². The molecule has 31 heavy (non-hydrogen) atoms. The van der Waals surface area contributed by atoms with Crippen molar-refractivity contribution in [2.45, 2.75) is 12.6 Å². The van der Waals surface area contributed by atoms with Crippen LogP contribution in [0.15, 0.2) is 72.8 Å². The van der Waals surface area contributed by atoms with E-state index >= 15 is 0 Å². The van der Waals surface area contributed by atoms with Crippen molar-refractivity contribution >= 4 is 29.1 Å². The highest BCUT2D eigenvalue weighted by atomic mass is 35.5. The van der Waals surface area contributed by atoms with E-state index in [1.165, 1.54) is 18.1 Å². The van der Waals surface area contributed by atoms with Crippen molar-refractivity contribution in [3.8, 4) is 5.75 Å². The maximum absolute atomic E-state index is 13.1. The number of methoxy groups -OCH3 is 1. The fraction of sp³-hybridized carbons (Fsp3) is 0.130. The van der Waals surface area contributed by atoms with Crippen LogP contribution in [0.5, 0.6) is 5.75 Å². The summed E-state index contributed by atoms with van der Waals surface area (Å²) in [4.78, 5) is 35.6. The molecule has 1 amide bonds. The molecule has 3 aromatic rings. The molecule has 7 nitrogen and oxygen atoms in total. The van der Waals surface area contributed by atoms with Gasteiger partial charge in [-0.3, -0.25) is 19.6 Å². The number of pyridine rings is 2. The summed E-state index contributed by atoms with van der Waals surface area (Å²) in [6.45, 7) is 0.148. The van der Waals surface area contributed by atoms with Crippen LogP contribution < -0.4 is 4.74 Å². The molecule has 0 spiro atoms. The quantitative estimate of drug-likeness (QED) is 0.372. The molecular formula is C23H18ClN3O4. The van der Waals surface area contributed by atoms with Crippen molar-refractivity contribution in [3.63, 3.8) is 0 Å². The van der Waals surface area contributed by atoms with E-state index in [-0.39, 0.29) is 23.4 Å². The Labute approximate surface area is 183 Å². The molecule has 8 heteroatoms. The Morgan fingerprint density at radius 1 is 1.13 bits per heavy atom. The molecule has 4 rings (SSSR count). The van der Waals surface area contributed by atoms with Gasteiger partial charge in [-0.1, -0.05) is 17.7 Å². The number of aromatic nitrogens is 2. The maximum atomic E-state index is 13.1. The Morgan fingerprint density at radius 2 is 1.90 bits per heavy atom. The minimum atomic E-state index is -0.813. The van der Waals surface area contributed by atoms with E-state index in [9.17, 15) is 14.7 Å². The molecule has 1 N–H and O–H groups in total. The lowest BCUT2D eigenvalue weighted by Gasteiger charge is -2.25. The molecule has 0 radical (unpaired) electrons. The normalized spacial score (nSPS) is 17.7. The summed E-state index contributed by atoms with van der Waals surface area (Å²) in [7, 11) is 1.45. The molecule has 156 valence electrons. The number of nitrogens with zero attached hydrogens (tertiary/aromatic N) is 3. The second-order valence-electron chi connectivity index (χ2n) is 6.91. The number of carbonyl (C=O) groups is 2. The highest BCUT2D eigenvalue weighted by molar-refractivity contribution is 6.46. The van der Waals surface area contributed by atoms with Gasteiger partial charge in [0, 0.05) is 36.4 Å². The molecule has 3 heterocycles. The SMILES string of the molecule is COc1ccc(Cl)cc1C(O)=C1C(=O)C(=O)N(Cc2cccnc2)[C@@H]1c1ccncc1. The molecule has 0 bridgehead atoms. The summed E-state index contributed by atoms with van der Waals surface area (Å²) < 4.78 is 5.33. The van der Waals surface area contributed by atoms with Crippen molar-refractivity contribution in [1.82, 2.24) is 14.9 Å². The van der Waals surface area contributed by atoms with Gasteiger partial charge >= 0.3 is 0 Å². The number of aliphatic hydroxyl groups is 1. The highest BCUT2D eigenvalue weighted by Gasteiger charge is 2.46. The molecule has 0 unspecified atom stereocenters. The number of hydrogen-bond donors (Lipinski definition) is 1. The molecule has 0 aliphatic carbocycles. The van der Waals surface area contributed by atoms with Gasteiger partial charge in [0.25, 0.3) is 11.7 Å². The van der Waals surface area contributed by atoms with E-state index in [4.69, 9.17) is 16.3 Å². The minimum Gasteiger partial charge on any atom is -0.507 e. The first-order valence-electron chi connectivity index (χ1n) is 9.42. The molecule has 1 saturated heterocycles. The Bertz CT molecular complexity index is 1170. The minimum absolute atomic E-state index is 0.0411. The van der Waals surface area contributed by atoms with Crippen molar-refractivity contribution < 1.29 is 19.4 Å². The highest BCUT2D eigenvalue weighted by Crippen LogP contribution is 2.41. The lowest BCUT2D eigenvalue weighted by Crippen LogP contribution is -2.29. The van der Waals surface area contributed by atoms with Gasteiger partial charge in [-0.15, -0.1) is 0 Å². The molecule has 1 atom stereocenters. The van der Waals surface area contributed by atoms with Crippen LogP contribution in [-0.2, 0) is 16.1 Å². The first kappa shape index (κ1) is 20.6. The number of ether oxygens (including phenoxy) is 1. The van der Waals surface area contributed by atoms with Crippen LogP contribution >= 0.6 is 11.6 Å². The van der Waals surface area contributed by atoms with Crippen molar-refractivity contribution in [2.24, 2.45) is 0 Å².